The average Bonchev–Trinajstić information content (AvgIpc) is 3.21. The lowest BCUT2D eigenvalue weighted by atomic mass is 9.89. The summed E-state index contributed by atoms with van der Waals surface area (Å²) in [6, 6.07) is 9.52. The van der Waals surface area contributed by atoms with Crippen molar-refractivity contribution in [2.45, 2.75) is 59.8 Å². The van der Waals surface area contributed by atoms with Gasteiger partial charge in [-0.1, -0.05) is 45.3 Å². The van der Waals surface area contributed by atoms with Crippen LogP contribution in [-0.4, -0.2) is 38.6 Å². The number of aromatic nitrogens is 1. The Labute approximate surface area is 207 Å². The highest BCUT2D eigenvalue weighted by Gasteiger charge is 2.20. The fourth-order valence-electron chi connectivity index (χ4n) is 3.95. The molecular weight excluding hydrogens is 446 g/mol. The third-order valence-corrected chi connectivity index (χ3v) is 5.58. The van der Waals surface area contributed by atoms with Gasteiger partial charge >= 0.3 is 5.97 Å². The highest BCUT2D eigenvalue weighted by molar-refractivity contribution is 5.84. The summed E-state index contributed by atoms with van der Waals surface area (Å²) in [5.41, 5.74) is 3.84. The summed E-state index contributed by atoms with van der Waals surface area (Å²) in [6.07, 6.45) is 3.59. The molecule has 0 aliphatic rings. The van der Waals surface area contributed by atoms with Crippen molar-refractivity contribution < 1.29 is 28.3 Å². The molecule has 3 rings (SSSR count). The van der Waals surface area contributed by atoms with Crippen molar-refractivity contribution in [1.29, 1.82) is 0 Å². The number of methoxy groups -OCH3 is 2. The molecule has 190 valence electrons. The monoisotopic (exact) mass is 483 g/mol. The van der Waals surface area contributed by atoms with Crippen LogP contribution >= 0.6 is 0 Å². The molecule has 0 amide bonds. The smallest absolute Gasteiger partial charge is 0.309 e. The Morgan fingerprint density at radius 3 is 2.37 bits per heavy atom. The molecule has 0 aliphatic heterocycles. The van der Waals surface area contributed by atoms with Crippen molar-refractivity contribution >= 4 is 16.9 Å². The SMILES string of the molecule is CCCc1c(OCCCOc2ccc(CC(=O)OC)cc2OC)ccc2c(CC(C)(C)C)noc12. The van der Waals surface area contributed by atoms with E-state index in [2.05, 4.69) is 38.9 Å². The van der Waals surface area contributed by atoms with Crippen LogP contribution in [0.15, 0.2) is 34.9 Å². The minimum absolute atomic E-state index is 0.133. The molecule has 0 bridgehead atoms. The van der Waals surface area contributed by atoms with E-state index in [9.17, 15) is 4.79 Å². The minimum atomic E-state index is -0.297. The lowest BCUT2D eigenvalue weighted by molar-refractivity contribution is -0.139. The number of hydrogen-bond donors (Lipinski definition) is 0. The summed E-state index contributed by atoms with van der Waals surface area (Å²) in [5, 5.41) is 5.43. The maximum Gasteiger partial charge on any atom is 0.309 e. The Kier molecular flexibility index (Phi) is 9.01. The number of esters is 1. The first-order chi connectivity index (χ1) is 16.8. The fraction of sp³-hybridized carbons (Fsp3) is 0.500. The largest absolute Gasteiger partial charge is 0.493 e. The van der Waals surface area contributed by atoms with Crippen molar-refractivity contribution in [3.05, 3.63) is 47.2 Å². The van der Waals surface area contributed by atoms with Crippen LogP contribution in [-0.2, 0) is 28.8 Å². The molecule has 3 aromatic rings. The number of rotatable bonds is 12. The molecule has 0 aliphatic carbocycles. The van der Waals surface area contributed by atoms with E-state index in [1.54, 1.807) is 13.2 Å². The molecule has 7 heteroatoms. The fourth-order valence-corrected chi connectivity index (χ4v) is 3.95. The predicted molar refractivity (Wildman–Crippen MR) is 135 cm³/mol. The molecule has 0 saturated carbocycles. The Hall–Kier alpha value is -3.22. The second-order valence-corrected chi connectivity index (χ2v) is 9.82. The van der Waals surface area contributed by atoms with Crippen LogP contribution in [0.25, 0.3) is 11.0 Å². The van der Waals surface area contributed by atoms with Crippen molar-refractivity contribution in [2.75, 3.05) is 27.4 Å². The zero-order chi connectivity index (χ0) is 25.4. The second-order valence-electron chi connectivity index (χ2n) is 9.82. The zero-order valence-electron chi connectivity index (χ0n) is 21.7. The van der Waals surface area contributed by atoms with Crippen LogP contribution in [0.2, 0.25) is 0 Å². The van der Waals surface area contributed by atoms with Gasteiger partial charge in [-0.15, -0.1) is 0 Å². The summed E-state index contributed by atoms with van der Waals surface area (Å²) in [4.78, 5) is 11.5. The van der Waals surface area contributed by atoms with Crippen LogP contribution in [0.4, 0.5) is 0 Å². The molecule has 7 nitrogen and oxygen atoms in total. The molecule has 35 heavy (non-hydrogen) atoms. The van der Waals surface area contributed by atoms with Gasteiger partial charge in [-0.3, -0.25) is 4.79 Å². The maximum atomic E-state index is 11.5. The number of hydrogen-bond acceptors (Lipinski definition) is 7. The molecule has 0 radical (unpaired) electrons. The lowest BCUT2D eigenvalue weighted by Gasteiger charge is -2.16. The lowest BCUT2D eigenvalue weighted by Crippen LogP contribution is -2.09. The van der Waals surface area contributed by atoms with Gasteiger partial charge in [0.05, 0.1) is 39.5 Å². The quantitative estimate of drug-likeness (QED) is 0.233. The predicted octanol–water partition coefficient (Wildman–Crippen LogP) is 5.94. The van der Waals surface area contributed by atoms with Crippen LogP contribution < -0.4 is 14.2 Å². The number of carbonyl (C=O) groups excluding carboxylic acids is 1. The molecular formula is C28H37NO6. The number of ether oxygens (including phenoxy) is 4. The molecule has 2 aromatic carbocycles. The van der Waals surface area contributed by atoms with E-state index in [1.165, 1.54) is 7.11 Å². The topological polar surface area (TPSA) is 80.0 Å². The first-order valence-electron chi connectivity index (χ1n) is 12.1. The van der Waals surface area contributed by atoms with E-state index in [4.69, 9.17) is 23.5 Å². The number of fused-ring (bicyclic) bond motifs is 1. The molecule has 0 spiro atoms. The van der Waals surface area contributed by atoms with Crippen molar-refractivity contribution in [3.63, 3.8) is 0 Å². The van der Waals surface area contributed by atoms with Crippen molar-refractivity contribution in [3.8, 4) is 17.2 Å². The summed E-state index contributed by atoms with van der Waals surface area (Å²) in [6.45, 7) is 9.72. The van der Waals surface area contributed by atoms with E-state index in [1.807, 2.05) is 18.2 Å². The van der Waals surface area contributed by atoms with E-state index >= 15 is 0 Å². The van der Waals surface area contributed by atoms with Gasteiger partial charge in [0.25, 0.3) is 0 Å². The van der Waals surface area contributed by atoms with Crippen molar-refractivity contribution in [2.24, 2.45) is 5.41 Å². The first-order valence-corrected chi connectivity index (χ1v) is 12.1. The molecule has 0 fully saturated rings. The van der Waals surface area contributed by atoms with Gasteiger partial charge in [-0.05, 0) is 48.1 Å². The molecule has 0 atom stereocenters. The van der Waals surface area contributed by atoms with Crippen LogP contribution in [0.1, 0.15) is 57.4 Å². The maximum absolute atomic E-state index is 11.5. The first kappa shape index (κ1) is 26.4. The van der Waals surface area contributed by atoms with Gasteiger partial charge in [0.2, 0.25) is 0 Å². The highest BCUT2D eigenvalue weighted by atomic mass is 16.5. The molecule has 0 saturated heterocycles. The number of nitrogens with zero attached hydrogens (tertiary/aromatic N) is 1. The van der Waals surface area contributed by atoms with Crippen LogP contribution in [0, 0.1) is 5.41 Å². The number of carbonyl (C=O) groups is 1. The van der Waals surface area contributed by atoms with Gasteiger partial charge in [0, 0.05) is 17.4 Å². The number of benzene rings is 2. The average molecular weight is 484 g/mol. The normalized spacial score (nSPS) is 11.5. The second kappa shape index (κ2) is 12.0. The third-order valence-electron chi connectivity index (χ3n) is 5.58. The van der Waals surface area contributed by atoms with Gasteiger partial charge in [0.15, 0.2) is 17.1 Å². The molecule has 0 unspecified atom stereocenters. The summed E-state index contributed by atoms with van der Waals surface area (Å²) in [7, 11) is 2.95. The summed E-state index contributed by atoms with van der Waals surface area (Å²) >= 11 is 0. The zero-order valence-corrected chi connectivity index (χ0v) is 21.7. The van der Waals surface area contributed by atoms with Crippen molar-refractivity contribution in [1.82, 2.24) is 5.16 Å². The Morgan fingerprint density at radius 2 is 1.71 bits per heavy atom. The standard InChI is InChI=1S/C28H37NO6/c1-7-9-21-23(13-11-20-22(18-28(2,3)4)29-35-27(20)21)33-14-8-15-34-24-12-10-19(16-25(24)31-5)17-26(30)32-6/h10-13,16H,7-9,14-15,17-18H2,1-6H3. The summed E-state index contributed by atoms with van der Waals surface area (Å²) < 4.78 is 27.9. The van der Waals surface area contributed by atoms with E-state index in [0.717, 1.165) is 52.8 Å². The van der Waals surface area contributed by atoms with E-state index in [0.29, 0.717) is 31.1 Å². The van der Waals surface area contributed by atoms with Crippen LogP contribution in [0.5, 0.6) is 17.2 Å². The van der Waals surface area contributed by atoms with E-state index < -0.39 is 0 Å². The molecule has 0 N–H and O–H groups in total. The minimum Gasteiger partial charge on any atom is -0.493 e. The number of aryl methyl sites for hydroxylation is 1. The van der Waals surface area contributed by atoms with Crippen LogP contribution in [0.3, 0.4) is 0 Å². The van der Waals surface area contributed by atoms with Gasteiger partial charge in [0.1, 0.15) is 5.75 Å². The third kappa shape index (κ3) is 7.13. The summed E-state index contributed by atoms with van der Waals surface area (Å²) in [5.74, 6) is 1.75. The molecule has 1 aromatic heterocycles. The van der Waals surface area contributed by atoms with E-state index in [-0.39, 0.29) is 17.8 Å². The van der Waals surface area contributed by atoms with Gasteiger partial charge in [-0.25, -0.2) is 0 Å². The Morgan fingerprint density at radius 1 is 1.00 bits per heavy atom. The van der Waals surface area contributed by atoms with Gasteiger partial charge in [-0.2, -0.15) is 0 Å². The highest BCUT2D eigenvalue weighted by Crippen LogP contribution is 2.34. The Bertz CT molecular complexity index is 1130. The Balaban J connectivity index is 1.60. The van der Waals surface area contributed by atoms with Gasteiger partial charge < -0.3 is 23.5 Å². The molecule has 1 heterocycles.